The fourth-order valence-corrected chi connectivity index (χ4v) is 4.35. The predicted molar refractivity (Wildman–Crippen MR) is 132 cm³/mol. The molecule has 2 N–H and O–H groups in total. The van der Waals surface area contributed by atoms with E-state index >= 15 is 0 Å². The van der Waals surface area contributed by atoms with Gasteiger partial charge >= 0.3 is 0 Å². The van der Waals surface area contributed by atoms with Gasteiger partial charge in [-0.1, -0.05) is 36.2 Å². The van der Waals surface area contributed by atoms with Crippen molar-refractivity contribution in [1.29, 1.82) is 0 Å². The molecule has 0 heterocycles. The Hall–Kier alpha value is -2.67. The van der Waals surface area contributed by atoms with Crippen molar-refractivity contribution in [3.05, 3.63) is 82.3 Å². The minimum absolute atomic E-state index is 0.158. The van der Waals surface area contributed by atoms with Gasteiger partial charge in [-0.15, -0.1) is 11.8 Å². The average molecular weight is 489 g/mol. The van der Waals surface area contributed by atoms with E-state index in [4.69, 9.17) is 27.9 Å². The highest BCUT2D eigenvalue weighted by molar-refractivity contribution is 8.00. The minimum atomic E-state index is -0.339. The number of anilines is 2. The Morgan fingerprint density at radius 1 is 1.00 bits per heavy atom. The van der Waals surface area contributed by atoms with Crippen LogP contribution in [0.1, 0.15) is 23.7 Å². The molecule has 0 fully saturated rings. The molecule has 32 heavy (non-hydrogen) atoms. The van der Waals surface area contributed by atoms with Crippen molar-refractivity contribution >= 4 is 58.2 Å². The van der Waals surface area contributed by atoms with Crippen molar-refractivity contribution in [1.82, 2.24) is 0 Å². The fourth-order valence-electron chi connectivity index (χ4n) is 2.88. The number of ether oxygens (including phenoxy) is 1. The summed E-state index contributed by atoms with van der Waals surface area (Å²) in [5.74, 6) is 0.301. The zero-order chi connectivity index (χ0) is 23.1. The molecule has 0 aliphatic rings. The number of hydrogen-bond acceptors (Lipinski definition) is 4. The van der Waals surface area contributed by atoms with Crippen molar-refractivity contribution in [3.63, 3.8) is 0 Å². The summed E-state index contributed by atoms with van der Waals surface area (Å²) in [4.78, 5) is 26.2. The summed E-state index contributed by atoms with van der Waals surface area (Å²) >= 11 is 13.5. The SMILES string of the molecule is CCC(Sc1cccc(NC(=O)c2ccc(OC)cc2)c1)C(=O)Nc1ccc(Cl)cc1Cl. The summed E-state index contributed by atoms with van der Waals surface area (Å²) in [5, 5.41) is 6.29. The molecule has 1 atom stereocenters. The molecule has 166 valence electrons. The highest BCUT2D eigenvalue weighted by Gasteiger charge is 2.19. The van der Waals surface area contributed by atoms with Gasteiger partial charge in [0, 0.05) is 21.2 Å². The Labute approximate surface area is 201 Å². The maximum atomic E-state index is 12.8. The lowest BCUT2D eigenvalue weighted by Gasteiger charge is -2.16. The molecule has 0 spiro atoms. The van der Waals surface area contributed by atoms with Gasteiger partial charge in [0.15, 0.2) is 0 Å². The molecule has 8 heteroatoms. The van der Waals surface area contributed by atoms with Crippen LogP contribution in [0.2, 0.25) is 10.0 Å². The molecule has 0 radical (unpaired) electrons. The number of halogens is 2. The lowest BCUT2D eigenvalue weighted by atomic mass is 10.2. The topological polar surface area (TPSA) is 67.4 Å². The van der Waals surface area contributed by atoms with E-state index in [-0.39, 0.29) is 17.1 Å². The van der Waals surface area contributed by atoms with Crippen molar-refractivity contribution < 1.29 is 14.3 Å². The van der Waals surface area contributed by atoms with E-state index in [9.17, 15) is 9.59 Å². The van der Waals surface area contributed by atoms with Crippen molar-refractivity contribution in [2.75, 3.05) is 17.7 Å². The Kier molecular flexibility index (Phi) is 8.45. The lowest BCUT2D eigenvalue weighted by Crippen LogP contribution is -2.24. The van der Waals surface area contributed by atoms with Crippen LogP contribution in [0.25, 0.3) is 0 Å². The van der Waals surface area contributed by atoms with E-state index < -0.39 is 0 Å². The summed E-state index contributed by atoms with van der Waals surface area (Å²) in [6.07, 6.45) is 0.615. The fraction of sp³-hybridized carbons (Fsp3) is 0.167. The first-order chi connectivity index (χ1) is 15.4. The largest absolute Gasteiger partial charge is 0.497 e. The highest BCUT2D eigenvalue weighted by Crippen LogP contribution is 2.30. The number of thioether (sulfide) groups is 1. The van der Waals surface area contributed by atoms with E-state index in [2.05, 4.69) is 10.6 Å². The Balaban J connectivity index is 1.66. The number of hydrogen-bond donors (Lipinski definition) is 2. The number of methoxy groups -OCH3 is 1. The van der Waals surface area contributed by atoms with Crippen molar-refractivity contribution in [3.8, 4) is 5.75 Å². The second-order valence-corrected chi connectivity index (χ2v) is 8.96. The zero-order valence-corrected chi connectivity index (χ0v) is 19.9. The Morgan fingerprint density at radius 2 is 1.75 bits per heavy atom. The van der Waals surface area contributed by atoms with Crippen LogP contribution in [-0.4, -0.2) is 24.2 Å². The molecule has 3 aromatic carbocycles. The van der Waals surface area contributed by atoms with E-state index in [0.717, 1.165) is 4.90 Å². The summed E-state index contributed by atoms with van der Waals surface area (Å²) < 4.78 is 5.12. The summed E-state index contributed by atoms with van der Waals surface area (Å²) in [6, 6.07) is 19.2. The molecular formula is C24H22Cl2N2O3S. The summed E-state index contributed by atoms with van der Waals surface area (Å²) in [5.41, 5.74) is 1.68. The van der Waals surface area contributed by atoms with Gasteiger partial charge in [-0.05, 0) is 67.1 Å². The maximum absolute atomic E-state index is 12.8. The second kappa shape index (κ2) is 11.3. The van der Waals surface area contributed by atoms with E-state index in [1.54, 1.807) is 55.6 Å². The molecule has 0 bridgehead atoms. The zero-order valence-electron chi connectivity index (χ0n) is 17.5. The molecule has 5 nitrogen and oxygen atoms in total. The molecule has 3 rings (SSSR count). The molecule has 0 saturated heterocycles. The summed E-state index contributed by atoms with van der Waals surface area (Å²) in [6.45, 7) is 1.94. The van der Waals surface area contributed by atoms with E-state index in [1.165, 1.54) is 11.8 Å². The summed E-state index contributed by atoms with van der Waals surface area (Å²) in [7, 11) is 1.58. The smallest absolute Gasteiger partial charge is 0.255 e. The van der Waals surface area contributed by atoms with Gasteiger partial charge in [-0.25, -0.2) is 0 Å². The number of nitrogens with one attached hydrogen (secondary N) is 2. The van der Waals surface area contributed by atoms with Crippen LogP contribution in [0.15, 0.2) is 71.6 Å². The Morgan fingerprint density at radius 3 is 2.41 bits per heavy atom. The van der Waals surface area contributed by atoms with Crippen LogP contribution in [-0.2, 0) is 4.79 Å². The number of carbonyl (C=O) groups is 2. The van der Waals surface area contributed by atoms with E-state index in [1.807, 2.05) is 25.1 Å². The van der Waals surface area contributed by atoms with Crippen LogP contribution >= 0.6 is 35.0 Å². The third-order valence-corrected chi connectivity index (χ3v) is 6.48. The van der Waals surface area contributed by atoms with Crippen molar-refractivity contribution in [2.45, 2.75) is 23.5 Å². The van der Waals surface area contributed by atoms with Gasteiger partial charge in [-0.2, -0.15) is 0 Å². The third-order valence-electron chi connectivity index (χ3n) is 4.57. The molecule has 1 unspecified atom stereocenters. The molecule has 2 amide bonds. The number of carbonyl (C=O) groups excluding carboxylic acids is 2. The quantitative estimate of drug-likeness (QED) is 0.343. The molecular weight excluding hydrogens is 467 g/mol. The maximum Gasteiger partial charge on any atom is 0.255 e. The first kappa shape index (κ1) is 24.0. The molecule has 0 saturated carbocycles. The normalized spacial score (nSPS) is 11.5. The molecule has 0 aliphatic heterocycles. The van der Waals surface area contributed by atoms with Gasteiger partial charge in [-0.3, -0.25) is 9.59 Å². The van der Waals surface area contributed by atoms with Gasteiger partial charge in [0.2, 0.25) is 5.91 Å². The van der Waals surface area contributed by atoms with Gasteiger partial charge < -0.3 is 15.4 Å². The second-order valence-electron chi connectivity index (χ2n) is 6.84. The molecule has 0 aliphatic carbocycles. The van der Waals surface area contributed by atoms with E-state index in [0.29, 0.717) is 39.2 Å². The highest BCUT2D eigenvalue weighted by atomic mass is 35.5. The lowest BCUT2D eigenvalue weighted by molar-refractivity contribution is -0.115. The first-order valence-corrected chi connectivity index (χ1v) is 11.5. The van der Waals surface area contributed by atoms with Crippen LogP contribution < -0.4 is 15.4 Å². The van der Waals surface area contributed by atoms with Crippen LogP contribution in [0.5, 0.6) is 5.75 Å². The standard InChI is InChI=1S/C24H22Cl2N2O3S/c1-3-22(24(30)28-21-12-9-16(25)13-20(21)26)32-19-6-4-5-17(14-19)27-23(29)15-7-10-18(31-2)11-8-15/h4-14,22H,3H2,1-2H3,(H,27,29)(H,28,30). The minimum Gasteiger partial charge on any atom is -0.497 e. The predicted octanol–water partition coefficient (Wildman–Crippen LogP) is 6.76. The molecule has 0 aromatic heterocycles. The van der Waals surface area contributed by atoms with Crippen molar-refractivity contribution in [2.24, 2.45) is 0 Å². The van der Waals surface area contributed by atoms with Crippen LogP contribution in [0, 0.1) is 0 Å². The molecule has 3 aromatic rings. The van der Waals surface area contributed by atoms with Crippen LogP contribution in [0.4, 0.5) is 11.4 Å². The first-order valence-electron chi connectivity index (χ1n) is 9.87. The van der Waals surface area contributed by atoms with Crippen LogP contribution in [0.3, 0.4) is 0 Å². The van der Waals surface area contributed by atoms with Gasteiger partial charge in [0.1, 0.15) is 5.75 Å². The number of benzene rings is 3. The third kappa shape index (κ3) is 6.42. The Bertz CT molecular complexity index is 1110. The van der Waals surface area contributed by atoms with Gasteiger partial charge in [0.05, 0.1) is 23.1 Å². The van der Waals surface area contributed by atoms with Gasteiger partial charge in [0.25, 0.3) is 5.91 Å². The number of rotatable bonds is 8. The average Bonchev–Trinajstić information content (AvgIpc) is 2.79. The monoisotopic (exact) mass is 488 g/mol. The number of amides is 2.